The number of thiocarbonyl (C=S) groups is 2. The Bertz CT molecular complexity index is 163. The van der Waals surface area contributed by atoms with Crippen LogP contribution in [0.15, 0.2) is 0 Å². The lowest BCUT2D eigenvalue weighted by Crippen LogP contribution is -2.38. The third kappa shape index (κ3) is 15.2. The van der Waals surface area contributed by atoms with Crippen molar-refractivity contribution in [1.82, 2.24) is 22.9 Å². The first-order valence-electron chi connectivity index (χ1n) is 2.98. The van der Waals surface area contributed by atoms with Gasteiger partial charge in [0.05, 0.1) is 0 Å². The number of hydrogen-bond acceptors (Lipinski definition) is 4. The van der Waals surface area contributed by atoms with Gasteiger partial charge in [0.2, 0.25) is 0 Å². The molecule has 0 bridgehead atoms. The van der Waals surface area contributed by atoms with Gasteiger partial charge in [0.25, 0.3) is 0 Å². The van der Waals surface area contributed by atoms with Crippen molar-refractivity contribution < 1.29 is 0 Å². The van der Waals surface area contributed by atoms with E-state index in [0.29, 0.717) is 15.2 Å². The zero-order valence-corrected chi connectivity index (χ0v) is 10.8. The molecule has 0 aromatic carbocycles. The Morgan fingerprint density at radius 2 is 1.69 bits per heavy atom. The summed E-state index contributed by atoms with van der Waals surface area (Å²) in [6.07, 6.45) is 0. The van der Waals surface area contributed by atoms with Crippen molar-refractivity contribution in [2.75, 3.05) is 6.54 Å². The number of thiol groups is 2. The van der Waals surface area contributed by atoms with Crippen molar-refractivity contribution in [2.24, 2.45) is 0 Å². The van der Waals surface area contributed by atoms with Crippen LogP contribution in [0.25, 0.3) is 0 Å². The second kappa shape index (κ2) is 10.5. The molecule has 0 saturated heterocycles. The molecule has 0 aliphatic carbocycles. The molecular weight excluding hydrogens is 244 g/mol. The molecular formula is C5H16N4S4. The molecule has 1 atom stereocenters. The highest BCUT2D eigenvalue weighted by Gasteiger charge is 2.00. The van der Waals surface area contributed by atoms with E-state index in [0.717, 1.165) is 0 Å². The van der Waals surface area contributed by atoms with Gasteiger partial charge in [0.15, 0.2) is 0 Å². The molecule has 13 heavy (non-hydrogen) atoms. The van der Waals surface area contributed by atoms with Gasteiger partial charge in [-0.25, -0.2) is 0 Å². The summed E-state index contributed by atoms with van der Waals surface area (Å²) in [6.45, 7) is 2.67. The Balaban J connectivity index is -0.000000500. The molecule has 0 aromatic heterocycles. The first-order valence-corrected chi connectivity index (χ1v) is 4.69. The third-order valence-electron chi connectivity index (χ3n) is 0.929. The largest absolute Gasteiger partial charge is 0.369 e. The standard InChI is InChI=1S/C5H10N2S4.2H3N/c1-3(7-5(10)11)2-6-4(8)9;;/h3H,2H2,1H3,(H2,6,8,9)(H2,7,10,11);2*1H3. The maximum atomic E-state index is 4.73. The van der Waals surface area contributed by atoms with Gasteiger partial charge in [-0.2, -0.15) is 0 Å². The summed E-state index contributed by atoms with van der Waals surface area (Å²) < 4.78 is 0.980. The topological polar surface area (TPSA) is 94.1 Å². The van der Waals surface area contributed by atoms with E-state index in [1.54, 1.807) is 0 Å². The van der Waals surface area contributed by atoms with Crippen molar-refractivity contribution in [2.45, 2.75) is 13.0 Å². The van der Waals surface area contributed by atoms with Crippen LogP contribution >= 0.6 is 49.7 Å². The molecule has 0 aliphatic heterocycles. The fourth-order valence-corrected chi connectivity index (χ4v) is 1.10. The van der Waals surface area contributed by atoms with Crippen molar-refractivity contribution in [3.05, 3.63) is 0 Å². The van der Waals surface area contributed by atoms with Crippen molar-refractivity contribution in [3.8, 4) is 0 Å². The smallest absolute Gasteiger partial charge is 0.130 e. The molecule has 4 nitrogen and oxygen atoms in total. The lowest BCUT2D eigenvalue weighted by Gasteiger charge is -2.13. The minimum absolute atomic E-state index is 0. The summed E-state index contributed by atoms with van der Waals surface area (Å²) in [7, 11) is 0. The van der Waals surface area contributed by atoms with Crippen molar-refractivity contribution in [1.29, 1.82) is 0 Å². The van der Waals surface area contributed by atoms with Gasteiger partial charge in [-0.05, 0) is 6.92 Å². The highest BCUT2D eigenvalue weighted by atomic mass is 32.1. The summed E-state index contributed by atoms with van der Waals surface area (Å²) in [6, 6.07) is 0.213. The number of rotatable bonds is 3. The molecule has 0 radical (unpaired) electrons. The number of hydrogen-bond donors (Lipinski definition) is 6. The van der Waals surface area contributed by atoms with Crippen LogP contribution in [0, 0.1) is 0 Å². The molecule has 0 saturated carbocycles. The maximum Gasteiger partial charge on any atom is 0.130 e. The zero-order chi connectivity index (χ0) is 8.85. The third-order valence-corrected chi connectivity index (χ3v) is 1.48. The van der Waals surface area contributed by atoms with Crippen molar-refractivity contribution >= 4 is 58.3 Å². The van der Waals surface area contributed by atoms with Crippen LogP contribution in [0.2, 0.25) is 0 Å². The molecule has 8 N–H and O–H groups in total. The first kappa shape index (κ1) is 19.0. The molecule has 0 amide bonds. The van der Waals surface area contributed by atoms with E-state index < -0.39 is 0 Å². The van der Waals surface area contributed by atoms with E-state index in [-0.39, 0.29) is 18.3 Å². The highest BCUT2D eigenvalue weighted by Crippen LogP contribution is 1.85. The second-order valence-corrected chi connectivity index (χ2v) is 4.35. The second-order valence-electron chi connectivity index (χ2n) is 2.04. The fourth-order valence-electron chi connectivity index (χ4n) is 0.502. The average Bonchev–Trinajstić information content (AvgIpc) is 1.82. The average molecular weight is 260 g/mol. The van der Waals surface area contributed by atoms with E-state index in [9.17, 15) is 0 Å². The first-order chi connectivity index (χ1) is 5.02. The highest BCUT2D eigenvalue weighted by molar-refractivity contribution is 8.11. The molecule has 0 aromatic rings. The van der Waals surface area contributed by atoms with E-state index in [1.807, 2.05) is 6.92 Å². The Kier molecular flexibility index (Phi) is 15.4. The van der Waals surface area contributed by atoms with E-state index >= 15 is 0 Å². The summed E-state index contributed by atoms with van der Waals surface area (Å²) in [4.78, 5) is 0. The van der Waals surface area contributed by atoms with E-state index in [2.05, 4.69) is 35.9 Å². The molecule has 0 rings (SSSR count). The van der Waals surface area contributed by atoms with Crippen molar-refractivity contribution in [3.63, 3.8) is 0 Å². The Morgan fingerprint density at radius 1 is 1.23 bits per heavy atom. The summed E-state index contributed by atoms with van der Waals surface area (Å²) in [5.41, 5.74) is 0. The van der Waals surface area contributed by atoms with Crippen LogP contribution < -0.4 is 22.9 Å². The lowest BCUT2D eigenvalue weighted by molar-refractivity contribution is 0.653. The van der Waals surface area contributed by atoms with Crippen LogP contribution in [0.3, 0.4) is 0 Å². The van der Waals surface area contributed by atoms with Gasteiger partial charge in [-0.15, -0.1) is 25.3 Å². The van der Waals surface area contributed by atoms with Gasteiger partial charge >= 0.3 is 0 Å². The maximum absolute atomic E-state index is 4.73. The monoisotopic (exact) mass is 260 g/mol. The zero-order valence-electron chi connectivity index (χ0n) is 7.41. The quantitative estimate of drug-likeness (QED) is 0.338. The van der Waals surface area contributed by atoms with Gasteiger partial charge in [-0.1, -0.05) is 24.4 Å². The molecule has 80 valence electrons. The summed E-state index contributed by atoms with van der Waals surface area (Å²) in [5.74, 6) is 0. The molecule has 1 unspecified atom stereocenters. The number of nitrogens with one attached hydrogen (secondary N) is 2. The Hall–Kier alpha value is 0.400. The summed E-state index contributed by atoms with van der Waals surface area (Å²) >= 11 is 17.3. The van der Waals surface area contributed by atoms with Gasteiger partial charge in [0, 0.05) is 12.6 Å². The SMILES string of the molecule is CC(CNC(=S)S)NC(=S)S.N.N. The van der Waals surface area contributed by atoms with Crippen LogP contribution in [-0.4, -0.2) is 21.2 Å². The molecule has 0 fully saturated rings. The minimum atomic E-state index is 0. The molecule has 8 heteroatoms. The van der Waals surface area contributed by atoms with E-state index in [4.69, 9.17) is 24.4 Å². The van der Waals surface area contributed by atoms with Crippen LogP contribution in [0.1, 0.15) is 6.92 Å². The Labute approximate surface area is 101 Å². The fraction of sp³-hybridized carbons (Fsp3) is 0.600. The molecule has 0 heterocycles. The molecule has 0 spiro atoms. The Morgan fingerprint density at radius 3 is 2.00 bits per heavy atom. The van der Waals surface area contributed by atoms with Gasteiger partial charge in [0.1, 0.15) is 8.64 Å². The van der Waals surface area contributed by atoms with Crippen LogP contribution in [0.4, 0.5) is 0 Å². The van der Waals surface area contributed by atoms with Gasteiger partial charge < -0.3 is 22.9 Å². The normalized spacial score (nSPS) is 10.1. The summed E-state index contributed by atoms with van der Waals surface area (Å²) in [5, 5.41) is 5.83. The minimum Gasteiger partial charge on any atom is -0.369 e. The van der Waals surface area contributed by atoms with Gasteiger partial charge in [-0.3, -0.25) is 0 Å². The van der Waals surface area contributed by atoms with Crippen LogP contribution in [0.5, 0.6) is 0 Å². The predicted molar refractivity (Wildman–Crippen MR) is 73.8 cm³/mol. The van der Waals surface area contributed by atoms with Crippen LogP contribution in [-0.2, 0) is 0 Å². The lowest BCUT2D eigenvalue weighted by atomic mass is 10.3. The predicted octanol–water partition coefficient (Wildman–Crippen LogP) is 1.31. The van der Waals surface area contributed by atoms with E-state index in [1.165, 1.54) is 0 Å². The molecule has 0 aliphatic rings.